The van der Waals surface area contributed by atoms with E-state index >= 15 is 0 Å². The molecule has 3 rings (SSSR count). The Morgan fingerprint density at radius 3 is 2.25 bits per heavy atom. The zero-order valence-corrected chi connectivity index (χ0v) is 32.4. The molecule has 1 heterocycles. The van der Waals surface area contributed by atoms with Crippen LogP contribution in [0.15, 0.2) is 42.9 Å². The summed E-state index contributed by atoms with van der Waals surface area (Å²) in [6.45, 7) is 11.4. The van der Waals surface area contributed by atoms with Crippen molar-refractivity contribution >= 4 is 27.6 Å². The van der Waals surface area contributed by atoms with E-state index in [0.29, 0.717) is 24.6 Å². The first-order chi connectivity index (χ1) is 24.1. The van der Waals surface area contributed by atoms with E-state index in [1.165, 1.54) is 6.33 Å². The Morgan fingerprint density at radius 2 is 1.67 bits per heavy atom. The van der Waals surface area contributed by atoms with Gasteiger partial charge in [0.25, 0.3) is 0 Å². The number of sulfone groups is 1. The van der Waals surface area contributed by atoms with Crippen molar-refractivity contribution in [2.75, 3.05) is 12.3 Å². The van der Waals surface area contributed by atoms with Gasteiger partial charge in [-0.1, -0.05) is 89.6 Å². The number of aliphatic hydroxyl groups is 1. The van der Waals surface area contributed by atoms with Crippen molar-refractivity contribution < 1.29 is 27.9 Å². The smallest absolute Gasteiger partial charge is 0.243 e. The standard InChI is InChI=1S/C39H63N5O6S/c1-7-8-19-41-37(47)32(27(2)3)23-35(45)33(21-29-17-13-10-14-18-29)43-38(48)34(22-31-24-40-26-42-31)44-36(46)30(20-28-15-11-9-12-16-28)25-51(49,50)39(4,5)6/h9,11-12,15-16,24,26-27,29-30,32-35,45H,7-8,10,13-14,17-23,25H2,1-6H3,(H,40,42)(H,41,47)(H,43,48)(H,44,46)/t30?,32-,33+,34+,35+/m1/s1. The minimum atomic E-state index is -3.69. The van der Waals surface area contributed by atoms with E-state index in [4.69, 9.17) is 0 Å². The molecular formula is C39H63N5O6S. The number of nitrogens with zero attached hydrogens (tertiary/aromatic N) is 1. The van der Waals surface area contributed by atoms with Gasteiger partial charge < -0.3 is 26.0 Å². The van der Waals surface area contributed by atoms with Crippen molar-refractivity contribution in [1.29, 1.82) is 0 Å². The Labute approximate surface area is 305 Å². The summed E-state index contributed by atoms with van der Waals surface area (Å²) in [6, 6.07) is 7.52. The second-order valence-electron chi connectivity index (χ2n) is 15.8. The van der Waals surface area contributed by atoms with E-state index in [1.54, 1.807) is 27.0 Å². The molecule has 1 aromatic heterocycles. The van der Waals surface area contributed by atoms with Gasteiger partial charge in [-0.05, 0) is 63.9 Å². The molecule has 286 valence electrons. The van der Waals surface area contributed by atoms with Crippen LogP contribution in [0.2, 0.25) is 0 Å². The predicted octanol–water partition coefficient (Wildman–Crippen LogP) is 4.90. The lowest BCUT2D eigenvalue weighted by Gasteiger charge is -2.33. The number of carbonyl (C=O) groups excluding carboxylic acids is 3. The van der Waals surface area contributed by atoms with Gasteiger partial charge in [-0.25, -0.2) is 13.4 Å². The van der Waals surface area contributed by atoms with Crippen LogP contribution < -0.4 is 16.0 Å². The highest BCUT2D eigenvalue weighted by Crippen LogP contribution is 2.30. The molecule has 11 nitrogen and oxygen atoms in total. The average Bonchev–Trinajstić information content (AvgIpc) is 3.59. The van der Waals surface area contributed by atoms with Gasteiger partial charge in [-0.3, -0.25) is 14.4 Å². The van der Waals surface area contributed by atoms with E-state index in [-0.39, 0.29) is 36.8 Å². The molecule has 1 aliphatic carbocycles. The Bertz CT molecular complexity index is 1450. The van der Waals surface area contributed by atoms with Crippen molar-refractivity contribution in [2.24, 2.45) is 23.7 Å². The number of aromatic nitrogens is 2. The van der Waals surface area contributed by atoms with E-state index in [0.717, 1.165) is 50.5 Å². The molecule has 0 bridgehead atoms. The molecular weight excluding hydrogens is 667 g/mol. The van der Waals surface area contributed by atoms with Crippen LogP contribution in [0.3, 0.4) is 0 Å². The minimum absolute atomic E-state index is 0.0225. The van der Waals surface area contributed by atoms with Crippen LogP contribution >= 0.6 is 0 Å². The molecule has 5 N–H and O–H groups in total. The van der Waals surface area contributed by atoms with Crippen LogP contribution in [0.4, 0.5) is 0 Å². The predicted molar refractivity (Wildman–Crippen MR) is 201 cm³/mol. The molecule has 3 amide bonds. The summed E-state index contributed by atoms with van der Waals surface area (Å²) in [5, 5.41) is 20.7. The number of hydrogen-bond donors (Lipinski definition) is 5. The van der Waals surface area contributed by atoms with Crippen LogP contribution in [0.25, 0.3) is 0 Å². The number of H-pyrrole nitrogens is 1. The highest BCUT2D eigenvalue weighted by Gasteiger charge is 2.37. The molecule has 2 aromatic rings. The third-order valence-electron chi connectivity index (χ3n) is 10.2. The number of aromatic amines is 1. The topological polar surface area (TPSA) is 170 Å². The highest BCUT2D eigenvalue weighted by molar-refractivity contribution is 7.92. The molecule has 1 fully saturated rings. The van der Waals surface area contributed by atoms with Crippen molar-refractivity contribution in [3.63, 3.8) is 0 Å². The normalized spacial score (nSPS) is 17.3. The minimum Gasteiger partial charge on any atom is -0.391 e. The monoisotopic (exact) mass is 729 g/mol. The van der Waals surface area contributed by atoms with Crippen LogP contribution in [0.5, 0.6) is 0 Å². The van der Waals surface area contributed by atoms with Gasteiger partial charge in [0.1, 0.15) is 6.04 Å². The summed E-state index contributed by atoms with van der Waals surface area (Å²) in [4.78, 5) is 48.6. The third-order valence-corrected chi connectivity index (χ3v) is 12.9. The Hall–Kier alpha value is -3.25. The third kappa shape index (κ3) is 13.7. The molecule has 51 heavy (non-hydrogen) atoms. The maximum Gasteiger partial charge on any atom is 0.243 e. The van der Waals surface area contributed by atoms with Gasteiger partial charge in [0.15, 0.2) is 9.84 Å². The molecule has 5 atom stereocenters. The van der Waals surface area contributed by atoms with Crippen LogP contribution in [0, 0.1) is 23.7 Å². The van der Waals surface area contributed by atoms with Gasteiger partial charge in [-0.15, -0.1) is 0 Å². The number of carbonyl (C=O) groups is 3. The maximum absolute atomic E-state index is 14.2. The SMILES string of the molecule is CCCCNC(=O)[C@H](C[C@H](O)[C@H](CC1CCCCC1)NC(=O)[C@H](Cc1cnc[nH]1)NC(=O)C(Cc1ccccc1)CS(=O)(=O)C(C)(C)C)C(C)C. The fraction of sp³-hybridized carbons (Fsp3) is 0.692. The average molecular weight is 730 g/mol. The van der Waals surface area contributed by atoms with Gasteiger partial charge in [0.05, 0.1) is 34.9 Å². The van der Waals surface area contributed by atoms with E-state index < -0.39 is 56.4 Å². The first-order valence-electron chi connectivity index (χ1n) is 18.9. The summed E-state index contributed by atoms with van der Waals surface area (Å²) in [5.74, 6) is -2.60. The summed E-state index contributed by atoms with van der Waals surface area (Å²) in [6.07, 6.45) is 10.3. The zero-order valence-electron chi connectivity index (χ0n) is 31.6. The van der Waals surface area contributed by atoms with Gasteiger partial charge >= 0.3 is 0 Å². The number of benzene rings is 1. The zero-order chi connectivity index (χ0) is 37.6. The Balaban J connectivity index is 1.89. The molecule has 12 heteroatoms. The number of imidazole rings is 1. The van der Waals surface area contributed by atoms with E-state index in [1.807, 2.05) is 44.2 Å². The quantitative estimate of drug-likeness (QED) is 0.121. The number of nitrogens with one attached hydrogen (secondary N) is 4. The largest absolute Gasteiger partial charge is 0.391 e. The number of rotatable bonds is 20. The lowest BCUT2D eigenvalue weighted by atomic mass is 9.81. The summed E-state index contributed by atoms with van der Waals surface area (Å²) in [7, 11) is -3.69. The number of aliphatic hydroxyl groups excluding tert-OH is 1. The van der Waals surface area contributed by atoms with Crippen molar-refractivity contribution in [3.8, 4) is 0 Å². The first-order valence-corrected chi connectivity index (χ1v) is 20.6. The van der Waals surface area contributed by atoms with Gasteiger partial charge in [-0.2, -0.15) is 0 Å². The molecule has 1 unspecified atom stereocenters. The Morgan fingerprint density at radius 1 is 0.980 bits per heavy atom. The van der Waals surface area contributed by atoms with Gasteiger partial charge in [0, 0.05) is 30.8 Å². The molecule has 1 saturated carbocycles. The summed E-state index contributed by atoms with van der Waals surface area (Å²) < 4.78 is 25.7. The number of hydrogen-bond acceptors (Lipinski definition) is 7. The fourth-order valence-corrected chi connectivity index (χ4v) is 8.06. The lowest BCUT2D eigenvalue weighted by molar-refractivity contribution is -0.132. The van der Waals surface area contributed by atoms with Crippen LogP contribution in [0.1, 0.15) is 111 Å². The van der Waals surface area contributed by atoms with E-state index in [2.05, 4.69) is 32.8 Å². The second kappa shape index (κ2) is 20.1. The highest BCUT2D eigenvalue weighted by atomic mass is 32.2. The first kappa shape index (κ1) is 42.2. The molecule has 1 aliphatic rings. The summed E-state index contributed by atoms with van der Waals surface area (Å²) in [5.41, 5.74) is 1.43. The van der Waals surface area contributed by atoms with Crippen molar-refractivity contribution in [1.82, 2.24) is 25.9 Å². The molecule has 0 saturated heterocycles. The second-order valence-corrected chi connectivity index (χ2v) is 18.6. The molecule has 0 aliphatic heterocycles. The van der Waals surface area contributed by atoms with Crippen LogP contribution in [-0.4, -0.2) is 76.4 Å². The maximum atomic E-state index is 14.2. The van der Waals surface area contributed by atoms with E-state index in [9.17, 15) is 27.9 Å². The fourth-order valence-electron chi connectivity index (χ4n) is 6.76. The molecule has 0 radical (unpaired) electrons. The Kier molecular flexibility index (Phi) is 16.6. The van der Waals surface area contributed by atoms with Gasteiger partial charge in [0.2, 0.25) is 17.7 Å². The molecule has 0 spiro atoms. The number of unbranched alkanes of at least 4 members (excludes halogenated alkanes) is 1. The number of amides is 3. The molecule has 1 aromatic carbocycles. The van der Waals surface area contributed by atoms with Crippen molar-refractivity contribution in [3.05, 3.63) is 54.1 Å². The van der Waals surface area contributed by atoms with Crippen LogP contribution in [-0.2, 0) is 37.1 Å². The summed E-state index contributed by atoms with van der Waals surface area (Å²) >= 11 is 0. The lowest BCUT2D eigenvalue weighted by Crippen LogP contribution is -2.55. The van der Waals surface area contributed by atoms with Crippen molar-refractivity contribution in [2.45, 2.75) is 135 Å².